The van der Waals surface area contributed by atoms with Gasteiger partial charge in [0.25, 0.3) is 0 Å². The number of hydrogen-bond donors (Lipinski definition) is 0. The van der Waals surface area contributed by atoms with Crippen LogP contribution in [0.3, 0.4) is 0 Å². The highest BCUT2D eigenvalue weighted by Gasteiger charge is 2.24. The predicted octanol–water partition coefficient (Wildman–Crippen LogP) is 6.88. The molecule has 0 unspecified atom stereocenters. The second kappa shape index (κ2) is 10.1. The summed E-state index contributed by atoms with van der Waals surface area (Å²) in [6.07, 6.45) is 1.72. The second-order valence-electron chi connectivity index (χ2n) is 7.77. The lowest BCUT2D eigenvalue weighted by Crippen LogP contribution is -2.05. The van der Waals surface area contributed by atoms with Gasteiger partial charge in [-0.3, -0.25) is 0 Å². The molecule has 0 atom stereocenters. The first-order valence-electron chi connectivity index (χ1n) is 10.8. The van der Waals surface area contributed by atoms with Gasteiger partial charge < -0.3 is 9.47 Å². The molecule has 5 heteroatoms. The molecule has 4 aromatic rings. The van der Waals surface area contributed by atoms with Gasteiger partial charge in [0.1, 0.15) is 12.4 Å². The summed E-state index contributed by atoms with van der Waals surface area (Å²) in [7, 11) is 0. The molecule has 4 nitrogen and oxygen atoms in total. The molecule has 0 aromatic heterocycles. The van der Waals surface area contributed by atoms with Crippen molar-refractivity contribution in [2.75, 3.05) is 0 Å². The molecule has 0 aliphatic carbocycles. The Morgan fingerprint density at radius 1 is 0.794 bits per heavy atom. The lowest BCUT2D eigenvalue weighted by Gasteiger charge is -2.07. The molecule has 0 amide bonds. The van der Waals surface area contributed by atoms with Crippen molar-refractivity contribution in [3.63, 3.8) is 0 Å². The van der Waals surface area contributed by atoms with Gasteiger partial charge in [0.15, 0.2) is 5.70 Å². The van der Waals surface area contributed by atoms with E-state index in [0.717, 1.165) is 33.6 Å². The zero-order chi connectivity index (χ0) is 23.3. The standard InChI is InChI=1S/C29H20INO3/c30-25-8-4-5-21(17-25)19-33-26-15-9-20(10-16-26)18-27-29(32)34-28(31-27)24-13-11-23(12-14-24)22-6-2-1-3-7-22/h1-18H,19H2/b27-18-. The fraction of sp³-hybridized carbons (Fsp3) is 0.0345. The van der Waals surface area contributed by atoms with Crippen molar-refractivity contribution in [2.24, 2.45) is 4.99 Å². The van der Waals surface area contributed by atoms with E-state index in [-0.39, 0.29) is 5.70 Å². The second-order valence-corrected chi connectivity index (χ2v) is 9.01. The van der Waals surface area contributed by atoms with Crippen LogP contribution in [0.4, 0.5) is 0 Å². The summed E-state index contributed by atoms with van der Waals surface area (Å²) in [5.41, 5.74) is 5.22. The highest BCUT2D eigenvalue weighted by atomic mass is 127. The van der Waals surface area contributed by atoms with Gasteiger partial charge in [0.05, 0.1) is 0 Å². The van der Waals surface area contributed by atoms with Crippen LogP contribution in [0.1, 0.15) is 16.7 Å². The summed E-state index contributed by atoms with van der Waals surface area (Å²) in [6.45, 7) is 0.500. The van der Waals surface area contributed by atoms with E-state index >= 15 is 0 Å². The number of aliphatic imine (C=N–C) groups is 1. The van der Waals surface area contributed by atoms with Crippen molar-refractivity contribution < 1.29 is 14.3 Å². The summed E-state index contributed by atoms with van der Waals surface area (Å²) in [4.78, 5) is 16.8. The van der Waals surface area contributed by atoms with Crippen LogP contribution in [-0.2, 0) is 16.1 Å². The van der Waals surface area contributed by atoms with Gasteiger partial charge in [-0.1, -0.05) is 66.7 Å². The number of carbonyl (C=O) groups is 1. The average Bonchev–Trinajstić information content (AvgIpc) is 3.24. The molecule has 166 valence electrons. The van der Waals surface area contributed by atoms with Gasteiger partial charge in [-0.2, -0.15) is 0 Å². The van der Waals surface area contributed by atoms with Gasteiger partial charge in [-0.15, -0.1) is 0 Å². The van der Waals surface area contributed by atoms with Gasteiger partial charge in [0.2, 0.25) is 5.90 Å². The fourth-order valence-electron chi connectivity index (χ4n) is 3.58. The largest absolute Gasteiger partial charge is 0.489 e. The third-order valence-corrected chi connectivity index (χ3v) is 6.01. The molecular formula is C29H20INO3. The molecule has 0 N–H and O–H groups in total. The fourth-order valence-corrected chi connectivity index (χ4v) is 4.19. The molecule has 0 radical (unpaired) electrons. The van der Waals surface area contributed by atoms with E-state index in [1.54, 1.807) is 6.08 Å². The first-order chi connectivity index (χ1) is 16.6. The van der Waals surface area contributed by atoms with Crippen molar-refractivity contribution in [1.29, 1.82) is 0 Å². The van der Waals surface area contributed by atoms with Gasteiger partial charge in [-0.25, -0.2) is 9.79 Å². The maximum atomic E-state index is 12.4. The lowest BCUT2D eigenvalue weighted by molar-refractivity contribution is -0.129. The predicted molar refractivity (Wildman–Crippen MR) is 142 cm³/mol. The van der Waals surface area contributed by atoms with E-state index in [4.69, 9.17) is 9.47 Å². The molecular weight excluding hydrogens is 537 g/mol. The van der Waals surface area contributed by atoms with Crippen molar-refractivity contribution >= 4 is 40.5 Å². The number of cyclic esters (lactones) is 1. The van der Waals surface area contributed by atoms with Crippen LogP contribution in [0.5, 0.6) is 5.75 Å². The number of benzene rings is 4. The summed E-state index contributed by atoms with van der Waals surface area (Å²) in [5, 5.41) is 0. The van der Waals surface area contributed by atoms with Crippen LogP contribution in [0, 0.1) is 3.57 Å². The summed E-state index contributed by atoms with van der Waals surface area (Å²) in [6, 6.07) is 33.7. The third-order valence-electron chi connectivity index (χ3n) is 5.34. The minimum absolute atomic E-state index is 0.273. The monoisotopic (exact) mass is 557 g/mol. The zero-order valence-electron chi connectivity index (χ0n) is 18.1. The Kier molecular flexibility index (Phi) is 6.53. The molecule has 4 aromatic carbocycles. The van der Waals surface area contributed by atoms with E-state index < -0.39 is 5.97 Å². The molecule has 1 heterocycles. The quantitative estimate of drug-likeness (QED) is 0.148. The van der Waals surface area contributed by atoms with E-state index in [1.807, 2.05) is 84.9 Å². The normalized spacial score (nSPS) is 14.1. The molecule has 34 heavy (non-hydrogen) atoms. The zero-order valence-corrected chi connectivity index (χ0v) is 20.3. The maximum absolute atomic E-state index is 12.4. The number of esters is 1. The molecule has 0 bridgehead atoms. The van der Waals surface area contributed by atoms with Gasteiger partial charge in [-0.05, 0) is 87.3 Å². The number of hydrogen-bond acceptors (Lipinski definition) is 4. The molecule has 1 aliphatic rings. The summed E-state index contributed by atoms with van der Waals surface area (Å²) >= 11 is 2.29. The number of ether oxygens (including phenoxy) is 2. The van der Waals surface area contributed by atoms with Crippen molar-refractivity contribution in [3.8, 4) is 16.9 Å². The Balaban J connectivity index is 1.27. The van der Waals surface area contributed by atoms with Crippen molar-refractivity contribution in [3.05, 3.63) is 129 Å². The molecule has 5 rings (SSSR count). The topological polar surface area (TPSA) is 47.9 Å². The first-order valence-corrected chi connectivity index (χ1v) is 11.9. The Morgan fingerprint density at radius 2 is 1.50 bits per heavy atom. The SMILES string of the molecule is O=C1OC(c2ccc(-c3ccccc3)cc2)=N/C1=C\c1ccc(OCc2cccc(I)c2)cc1. The highest BCUT2D eigenvalue weighted by molar-refractivity contribution is 14.1. The number of halogens is 1. The van der Waals surface area contributed by atoms with Crippen LogP contribution < -0.4 is 4.74 Å². The van der Waals surface area contributed by atoms with Crippen LogP contribution >= 0.6 is 22.6 Å². The average molecular weight is 557 g/mol. The van der Waals surface area contributed by atoms with E-state index in [9.17, 15) is 4.79 Å². The van der Waals surface area contributed by atoms with E-state index in [1.165, 1.54) is 3.57 Å². The van der Waals surface area contributed by atoms with Crippen molar-refractivity contribution in [2.45, 2.75) is 6.61 Å². The molecule has 0 spiro atoms. The van der Waals surface area contributed by atoms with Crippen LogP contribution in [0.2, 0.25) is 0 Å². The van der Waals surface area contributed by atoms with Gasteiger partial charge in [0, 0.05) is 9.13 Å². The highest BCUT2D eigenvalue weighted by Crippen LogP contribution is 2.24. The Morgan fingerprint density at radius 3 is 2.24 bits per heavy atom. The minimum atomic E-state index is -0.457. The van der Waals surface area contributed by atoms with Gasteiger partial charge >= 0.3 is 5.97 Å². The van der Waals surface area contributed by atoms with Crippen LogP contribution in [-0.4, -0.2) is 11.9 Å². The molecule has 0 fully saturated rings. The summed E-state index contributed by atoms with van der Waals surface area (Å²) < 4.78 is 12.5. The van der Waals surface area contributed by atoms with Crippen LogP contribution in [0.25, 0.3) is 17.2 Å². The first kappa shape index (κ1) is 22.1. The Hall–Kier alpha value is -3.71. The summed E-state index contributed by atoms with van der Waals surface area (Å²) in [5.74, 6) is 0.618. The van der Waals surface area contributed by atoms with Crippen molar-refractivity contribution in [1.82, 2.24) is 0 Å². The number of carbonyl (C=O) groups excluding carboxylic acids is 1. The molecule has 0 saturated heterocycles. The van der Waals surface area contributed by atoms with E-state index in [2.05, 4.69) is 45.8 Å². The Bertz CT molecular complexity index is 1380. The smallest absolute Gasteiger partial charge is 0.363 e. The van der Waals surface area contributed by atoms with E-state index in [0.29, 0.717) is 12.5 Å². The third kappa shape index (κ3) is 5.26. The number of rotatable bonds is 6. The molecule has 0 saturated carbocycles. The molecule has 1 aliphatic heterocycles. The lowest BCUT2D eigenvalue weighted by atomic mass is 10.0. The Labute approximate surface area is 211 Å². The maximum Gasteiger partial charge on any atom is 0.363 e. The van der Waals surface area contributed by atoms with Crippen LogP contribution in [0.15, 0.2) is 114 Å². The number of nitrogens with zero attached hydrogens (tertiary/aromatic N) is 1. The minimum Gasteiger partial charge on any atom is -0.489 e.